The number of fused-ring (bicyclic) bond motifs is 1. The van der Waals surface area contributed by atoms with Crippen molar-refractivity contribution in [3.8, 4) is 0 Å². The average molecular weight is 348 g/mol. The van der Waals surface area contributed by atoms with Crippen molar-refractivity contribution >= 4 is 16.7 Å². The Kier molecular flexibility index (Phi) is 4.30. The van der Waals surface area contributed by atoms with E-state index in [9.17, 15) is 0 Å². The maximum absolute atomic E-state index is 4.67. The summed E-state index contributed by atoms with van der Waals surface area (Å²) in [4.78, 5) is 6.34. The summed E-state index contributed by atoms with van der Waals surface area (Å²) in [7, 11) is 0. The Morgan fingerprint density at radius 1 is 1.08 bits per heavy atom. The molecule has 132 valence electrons. The Morgan fingerprint density at radius 3 is 2.81 bits per heavy atom. The van der Waals surface area contributed by atoms with Crippen LogP contribution in [0.5, 0.6) is 0 Å². The van der Waals surface area contributed by atoms with Crippen LogP contribution in [0.2, 0.25) is 0 Å². The normalized spacial score (nSPS) is 11.2. The average Bonchev–Trinajstić information content (AvgIpc) is 3.30. The van der Waals surface area contributed by atoms with Crippen LogP contribution in [0.15, 0.2) is 36.8 Å². The first-order valence-corrected chi connectivity index (χ1v) is 8.70. The van der Waals surface area contributed by atoms with Crippen molar-refractivity contribution in [2.45, 2.75) is 33.1 Å². The maximum Gasteiger partial charge on any atom is 0.172 e. The lowest BCUT2D eigenvalue weighted by atomic mass is 10.1. The zero-order chi connectivity index (χ0) is 17.9. The third kappa shape index (κ3) is 3.26. The highest BCUT2D eigenvalue weighted by Gasteiger charge is 2.10. The van der Waals surface area contributed by atoms with Gasteiger partial charge in [0.15, 0.2) is 11.6 Å². The molecule has 0 spiro atoms. The molecule has 0 fully saturated rings. The van der Waals surface area contributed by atoms with Gasteiger partial charge in [0, 0.05) is 11.8 Å². The van der Waals surface area contributed by atoms with Gasteiger partial charge in [-0.1, -0.05) is 19.9 Å². The minimum absolute atomic E-state index is 0.603. The molecule has 3 heterocycles. The van der Waals surface area contributed by atoms with Crippen LogP contribution in [0.4, 0.5) is 5.82 Å². The van der Waals surface area contributed by atoms with Crippen molar-refractivity contribution in [2.24, 2.45) is 0 Å². The minimum atomic E-state index is 0.603. The number of aromatic nitrogens is 7. The lowest BCUT2D eigenvalue weighted by Gasteiger charge is -2.10. The molecule has 26 heavy (non-hydrogen) atoms. The minimum Gasteiger partial charge on any atom is -0.278 e. The summed E-state index contributed by atoms with van der Waals surface area (Å²) in [6.45, 7) is 4.13. The molecular formula is C18H20N8. The monoisotopic (exact) mass is 348 g/mol. The fourth-order valence-electron chi connectivity index (χ4n) is 2.78. The summed E-state index contributed by atoms with van der Waals surface area (Å²) in [5.41, 5.74) is 7.31. The second-order valence-corrected chi connectivity index (χ2v) is 6.10. The zero-order valence-corrected chi connectivity index (χ0v) is 14.8. The molecule has 0 saturated heterocycles. The smallest absolute Gasteiger partial charge is 0.172 e. The van der Waals surface area contributed by atoms with Crippen LogP contribution in [0.25, 0.3) is 10.9 Å². The van der Waals surface area contributed by atoms with Crippen molar-refractivity contribution in [1.29, 1.82) is 0 Å². The van der Waals surface area contributed by atoms with E-state index in [2.05, 4.69) is 48.9 Å². The van der Waals surface area contributed by atoms with Crippen molar-refractivity contribution in [3.63, 3.8) is 0 Å². The number of rotatable bonds is 6. The van der Waals surface area contributed by atoms with Crippen LogP contribution in [-0.4, -0.2) is 35.3 Å². The van der Waals surface area contributed by atoms with E-state index in [1.807, 2.05) is 37.6 Å². The molecule has 0 radical (unpaired) electrons. The molecule has 4 rings (SSSR count). The van der Waals surface area contributed by atoms with Gasteiger partial charge >= 0.3 is 0 Å². The van der Waals surface area contributed by atoms with Gasteiger partial charge in [-0.25, -0.2) is 4.98 Å². The molecule has 1 aromatic carbocycles. The number of hydrogen-bond acceptors (Lipinski definition) is 6. The van der Waals surface area contributed by atoms with Crippen molar-refractivity contribution in [2.75, 3.05) is 5.43 Å². The Morgan fingerprint density at radius 2 is 2.00 bits per heavy atom. The largest absolute Gasteiger partial charge is 0.278 e. The summed E-state index contributed by atoms with van der Waals surface area (Å²) in [6, 6.07) is 6.15. The van der Waals surface area contributed by atoms with E-state index in [0.29, 0.717) is 18.1 Å². The number of hydrogen-bond donors (Lipinski definition) is 2. The van der Waals surface area contributed by atoms with E-state index >= 15 is 0 Å². The second-order valence-electron chi connectivity index (χ2n) is 6.10. The third-order valence-electron chi connectivity index (χ3n) is 4.27. The number of H-pyrrole nitrogens is 1. The highest BCUT2D eigenvalue weighted by Crippen LogP contribution is 2.16. The van der Waals surface area contributed by atoms with E-state index < -0.39 is 0 Å². The second kappa shape index (κ2) is 6.91. The molecular weight excluding hydrogens is 328 g/mol. The van der Waals surface area contributed by atoms with E-state index in [1.165, 1.54) is 0 Å². The van der Waals surface area contributed by atoms with E-state index in [1.54, 1.807) is 4.79 Å². The van der Waals surface area contributed by atoms with Crippen LogP contribution in [0.1, 0.15) is 36.5 Å². The first-order chi connectivity index (χ1) is 12.7. The quantitative estimate of drug-likeness (QED) is 0.556. The lowest BCUT2D eigenvalue weighted by molar-refractivity contribution is 0.758. The third-order valence-corrected chi connectivity index (χ3v) is 4.27. The number of aromatic amines is 1. The van der Waals surface area contributed by atoms with Gasteiger partial charge in [0.1, 0.15) is 5.69 Å². The van der Waals surface area contributed by atoms with Crippen LogP contribution >= 0.6 is 0 Å². The van der Waals surface area contributed by atoms with Gasteiger partial charge in [-0.05, 0) is 36.1 Å². The number of nitrogens with one attached hydrogen (secondary N) is 2. The van der Waals surface area contributed by atoms with Gasteiger partial charge in [0.2, 0.25) is 0 Å². The first-order valence-electron chi connectivity index (χ1n) is 8.70. The Bertz CT molecular complexity index is 1030. The molecule has 0 bridgehead atoms. The molecule has 8 heteroatoms. The summed E-state index contributed by atoms with van der Waals surface area (Å²) in [5, 5.41) is 21.0. The molecule has 0 aliphatic heterocycles. The summed E-state index contributed by atoms with van der Waals surface area (Å²) in [5.74, 6) is 1.35. The van der Waals surface area contributed by atoms with Gasteiger partial charge in [0.05, 0.1) is 24.1 Å². The molecule has 8 nitrogen and oxygen atoms in total. The molecule has 0 aliphatic carbocycles. The van der Waals surface area contributed by atoms with E-state index in [-0.39, 0.29) is 0 Å². The molecule has 4 aromatic rings. The van der Waals surface area contributed by atoms with E-state index in [0.717, 1.165) is 40.6 Å². The highest BCUT2D eigenvalue weighted by atomic mass is 15.6. The van der Waals surface area contributed by atoms with Gasteiger partial charge in [-0.3, -0.25) is 10.5 Å². The summed E-state index contributed by atoms with van der Waals surface area (Å²) in [6.07, 6.45) is 7.89. The fraction of sp³-hybridized carbons (Fsp3) is 0.278. The number of benzene rings is 1. The molecule has 2 N–H and O–H groups in total. The van der Waals surface area contributed by atoms with Crippen LogP contribution in [-0.2, 0) is 19.3 Å². The maximum atomic E-state index is 4.67. The Hall–Kier alpha value is -3.29. The van der Waals surface area contributed by atoms with Gasteiger partial charge in [-0.15, -0.1) is 10.2 Å². The highest BCUT2D eigenvalue weighted by molar-refractivity contribution is 5.78. The number of aryl methyl sites for hydroxylation is 2. The van der Waals surface area contributed by atoms with Crippen molar-refractivity contribution in [3.05, 3.63) is 59.4 Å². The first kappa shape index (κ1) is 16.2. The van der Waals surface area contributed by atoms with Crippen LogP contribution < -0.4 is 5.43 Å². The number of nitrogens with zero attached hydrogens (tertiary/aromatic N) is 6. The van der Waals surface area contributed by atoms with Crippen LogP contribution in [0, 0.1) is 0 Å². The van der Waals surface area contributed by atoms with Crippen molar-refractivity contribution in [1.82, 2.24) is 35.3 Å². The van der Waals surface area contributed by atoms with Crippen molar-refractivity contribution < 1.29 is 0 Å². The topological polar surface area (TPSA) is 97.2 Å². The van der Waals surface area contributed by atoms with Gasteiger partial charge in [0.25, 0.3) is 0 Å². The Balaban J connectivity index is 1.60. The van der Waals surface area contributed by atoms with Gasteiger partial charge in [-0.2, -0.15) is 15.0 Å². The molecule has 0 atom stereocenters. The molecule has 0 aliphatic rings. The molecule has 0 amide bonds. The van der Waals surface area contributed by atoms with E-state index in [4.69, 9.17) is 0 Å². The Labute approximate surface area is 150 Å². The number of anilines is 1. The SMILES string of the molecule is CCc1cnn(Nc2nc(Cc3ccc4[nH]ncc4c3)nnc2CC)c1. The molecule has 3 aromatic heterocycles. The molecule has 0 saturated carbocycles. The molecule has 0 unspecified atom stereocenters. The standard InChI is InChI=1S/C18H20N8/c1-3-12-9-20-26(11-12)25-18-15(4-2)23-24-17(21-18)8-13-5-6-16-14(7-13)10-19-22-16/h5-7,9-11H,3-4,8H2,1-2H3,(H,19,22)(H,21,24,25). The lowest BCUT2D eigenvalue weighted by Crippen LogP contribution is -2.15. The summed E-state index contributed by atoms with van der Waals surface area (Å²) >= 11 is 0. The van der Waals surface area contributed by atoms with Crippen LogP contribution in [0.3, 0.4) is 0 Å². The predicted molar refractivity (Wildman–Crippen MR) is 98.7 cm³/mol. The zero-order valence-electron chi connectivity index (χ0n) is 14.8. The van der Waals surface area contributed by atoms with Gasteiger partial charge < -0.3 is 0 Å². The summed E-state index contributed by atoms with van der Waals surface area (Å²) < 4.78 is 0. The predicted octanol–water partition coefficient (Wildman–Crippen LogP) is 2.54. The fourth-order valence-corrected chi connectivity index (χ4v) is 2.78.